The minimum absolute atomic E-state index is 0.255. The van der Waals surface area contributed by atoms with Gasteiger partial charge in [0.25, 0.3) is 0 Å². The third-order valence-electron chi connectivity index (χ3n) is 2.92. The van der Waals surface area contributed by atoms with Gasteiger partial charge < -0.3 is 4.79 Å². The summed E-state index contributed by atoms with van der Waals surface area (Å²) in [6.45, 7) is 1.62. The Labute approximate surface area is 114 Å². The van der Waals surface area contributed by atoms with E-state index in [-0.39, 0.29) is 5.78 Å². The van der Waals surface area contributed by atoms with Crippen LogP contribution in [0.3, 0.4) is 0 Å². The van der Waals surface area contributed by atoms with Gasteiger partial charge in [-0.05, 0) is 26.2 Å². The van der Waals surface area contributed by atoms with Crippen molar-refractivity contribution in [1.29, 1.82) is 0 Å². The fraction of sp³-hybridized carbons (Fsp3) is 0.800. The van der Waals surface area contributed by atoms with Gasteiger partial charge in [-0.1, -0.05) is 44.3 Å². The van der Waals surface area contributed by atoms with Crippen molar-refractivity contribution in [2.24, 2.45) is 0 Å². The zero-order valence-corrected chi connectivity index (χ0v) is 11.8. The lowest BCUT2D eigenvalue weighted by molar-refractivity contribution is -0.125. The Hall–Kier alpha value is -0.800. The van der Waals surface area contributed by atoms with Crippen molar-refractivity contribution in [1.82, 2.24) is 0 Å². The normalized spacial score (nSPS) is 12.2. The second kappa shape index (κ2) is 11.1. The van der Waals surface area contributed by atoms with E-state index in [9.17, 15) is 18.0 Å². The standard InChI is InChI=1S/C15H25F3O/c1-14(19)12-10-8-6-4-2-3-5-7-9-11-13-15(16,17)18/h9,11H,2-8,10,12-13H2,1H3. The molecule has 0 spiro atoms. The minimum atomic E-state index is -4.07. The molecule has 0 aliphatic carbocycles. The van der Waals surface area contributed by atoms with Gasteiger partial charge in [0.2, 0.25) is 0 Å². The summed E-state index contributed by atoms with van der Waals surface area (Å²) in [7, 11) is 0. The van der Waals surface area contributed by atoms with Crippen LogP contribution in [0.1, 0.15) is 71.1 Å². The van der Waals surface area contributed by atoms with E-state index >= 15 is 0 Å². The number of hydrogen-bond acceptors (Lipinski definition) is 1. The highest BCUT2D eigenvalue weighted by Crippen LogP contribution is 2.20. The molecule has 0 aromatic rings. The molecule has 0 aromatic heterocycles. The van der Waals surface area contributed by atoms with Crippen molar-refractivity contribution in [3.05, 3.63) is 12.2 Å². The zero-order valence-electron chi connectivity index (χ0n) is 11.8. The summed E-state index contributed by atoms with van der Waals surface area (Å²) in [5.41, 5.74) is 0. The molecule has 112 valence electrons. The molecular weight excluding hydrogens is 253 g/mol. The number of ketones is 1. The Morgan fingerprint density at radius 2 is 1.42 bits per heavy atom. The van der Waals surface area contributed by atoms with E-state index in [2.05, 4.69) is 0 Å². The maximum absolute atomic E-state index is 11.8. The highest BCUT2D eigenvalue weighted by Gasteiger charge is 2.24. The smallest absolute Gasteiger partial charge is 0.300 e. The summed E-state index contributed by atoms with van der Waals surface area (Å²) in [5, 5.41) is 0. The lowest BCUT2D eigenvalue weighted by Gasteiger charge is -2.01. The van der Waals surface area contributed by atoms with Gasteiger partial charge in [0, 0.05) is 6.42 Å². The molecule has 0 rings (SSSR count). The molecule has 0 fully saturated rings. The number of carbonyl (C=O) groups is 1. The zero-order chi connectivity index (χ0) is 14.6. The van der Waals surface area contributed by atoms with Crippen molar-refractivity contribution in [2.75, 3.05) is 0 Å². The second-order valence-electron chi connectivity index (χ2n) is 5.01. The molecule has 1 nitrogen and oxygen atoms in total. The molecule has 0 heterocycles. The highest BCUT2D eigenvalue weighted by molar-refractivity contribution is 5.75. The lowest BCUT2D eigenvalue weighted by atomic mass is 10.1. The third-order valence-corrected chi connectivity index (χ3v) is 2.92. The van der Waals surface area contributed by atoms with Crippen LogP contribution in [0.2, 0.25) is 0 Å². The van der Waals surface area contributed by atoms with Gasteiger partial charge in [-0.3, -0.25) is 0 Å². The number of unbranched alkanes of at least 4 members (excludes halogenated alkanes) is 7. The number of alkyl halides is 3. The molecule has 0 saturated carbocycles. The number of rotatable bonds is 11. The van der Waals surface area contributed by atoms with Gasteiger partial charge in [0.05, 0.1) is 6.42 Å². The molecule has 4 heteroatoms. The summed E-state index contributed by atoms with van der Waals surface area (Å²) < 4.78 is 35.4. The molecule has 19 heavy (non-hydrogen) atoms. The van der Waals surface area contributed by atoms with E-state index in [1.165, 1.54) is 6.08 Å². The van der Waals surface area contributed by atoms with Crippen LogP contribution in [0.5, 0.6) is 0 Å². The largest absolute Gasteiger partial charge is 0.392 e. The number of allylic oxidation sites excluding steroid dienone is 2. The molecule has 0 amide bonds. The fourth-order valence-electron chi connectivity index (χ4n) is 1.85. The summed E-state index contributed by atoms with van der Waals surface area (Å²) >= 11 is 0. The van der Waals surface area contributed by atoms with E-state index in [1.54, 1.807) is 13.0 Å². The lowest BCUT2D eigenvalue weighted by Crippen LogP contribution is -2.03. The first-order chi connectivity index (χ1) is 8.92. The van der Waals surface area contributed by atoms with E-state index in [0.29, 0.717) is 6.42 Å². The topological polar surface area (TPSA) is 17.1 Å². The summed E-state index contributed by atoms with van der Waals surface area (Å²) in [6.07, 6.45) is 6.92. The highest BCUT2D eigenvalue weighted by atomic mass is 19.4. The first-order valence-electron chi connectivity index (χ1n) is 7.13. The Morgan fingerprint density at radius 3 is 1.95 bits per heavy atom. The first-order valence-corrected chi connectivity index (χ1v) is 7.13. The monoisotopic (exact) mass is 278 g/mol. The van der Waals surface area contributed by atoms with Crippen molar-refractivity contribution in [3.63, 3.8) is 0 Å². The SMILES string of the molecule is CC(=O)CCCCCCCCCC=CCC(F)(F)F. The molecule has 0 radical (unpaired) electrons. The molecule has 0 atom stereocenters. The van der Waals surface area contributed by atoms with Gasteiger partial charge in [-0.2, -0.15) is 13.2 Å². The predicted molar refractivity (Wildman–Crippen MR) is 72.0 cm³/mol. The summed E-state index contributed by atoms with van der Waals surface area (Å²) in [6, 6.07) is 0. The molecule has 0 saturated heterocycles. The summed E-state index contributed by atoms with van der Waals surface area (Å²) in [4.78, 5) is 10.7. The van der Waals surface area contributed by atoms with E-state index in [1.807, 2.05) is 0 Å². The van der Waals surface area contributed by atoms with Crippen LogP contribution in [0.25, 0.3) is 0 Å². The van der Waals surface area contributed by atoms with Crippen molar-refractivity contribution >= 4 is 5.78 Å². The fourth-order valence-corrected chi connectivity index (χ4v) is 1.85. The van der Waals surface area contributed by atoms with Crippen molar-refractivity contribution in [3.8, 4) is 0 Å². The molecule has 0 unspecified atom stereocenters. The Kier molecular flexibility index (Phi) is 10.6. The predicted octanol–water partition coefficient (Wildman–Crippen LogP) is 5.59. The number of halogens is 3. The summed E-state index contributed by atoms with van der Waals surface area (Å²) in [5.74, 6) is 0.255. The van der Waals surface area contributed by atoms with E-state index in [4.69, 9.17) is 0 Å². The van der Waals surface area contributed by atoms with E-state index in [0.717, 1.165) is 51.4 Å². The van der Waals surface area contributed by atoms with Crippen molar-refractivity contribution in [2.45, 2.75) is 77.3 Å². The molecule has 0 aliphatic rings. The first kappa shape index (κ1) is 18.2. The molecule has 0 N–H and O–H groups in total. The maximum Gasteiger partial charge on any atom is 0.392 e. The Balaban J connectivity index is 3.17. The van der Waals surface area contributed by atoms with Gasteiger partial charge in [-0.25, -0.2) is 0 Å². The van der Waals surface area contributed by atoms with Crippen LogP contribution in [0.15, 0.2) is 12.2 Å². The van der Waals surface area contributed by atoms with Gasteiger partial charge in [-0.15, -0.1) is 0 Å². The van der Waals surface area contributed by atoms with Gasteiger partial charge in [0.15, 0.2) is 0 Å². The Morgan fingerprint density at radius 1 is 0.895 bits per heavy atom. The van der Waals surface area contributed by atoms with Crippen LogP contribution < -0.4 is 0 Å². The van der Waals surface area contributed by atoms with Gasteiger partial charge in [0.1, 0.15) is 5.78 Å². The minimum Gasteiger partial charge on any atom is -0.300 e. The molecule has 0 aromatic carbocycles. The number of hydrogen-bond donors (Lipinski definition) is 0. The number of Topliss-reactive ketones (excluding diaryl/α,β-unsaturated/α-hetero) is 1. The average Bonchev–Trinajstić information content (AvgIpc) is 2.28. The second-order valence-corrected chi connectivity index (χ2v) is 5.01. The van der Waals surface area contributed by atoms with Crippen LogP contribution in [-0.4, -0.2) is 12.0 Å². The quantitative estimate of drug-likeness (QED) is 0.355. The average molecular weight is 278 g/mol. The van der Waals surface area contributed by atoms with Crippen LogP contribution >= 0.6 is 0 Å². The van der Waals surface area contributed by atoms with Gasteiger partial charge >= 0.3 is 6.18 Å². The van der Waals surface area contributed by atoms with Crippen LogP contribution in [0.4, 0.5) is 13.2 Å². The Bertz CT molecular complexity index is 257. The maximum atomic E-state index is 11.8. The molecular formula is C15H25F3O. The number of carbonyl (C=O) groups excluding carboxylic acids is 1. The molecule has 0 bridgehead atoms. The van der Waals surface area contributed by atoms with Crippen molar-refractivity contribution < 1.29 is 18.0 Å². The third kappa shape index (κ3) is 17.2. The molecule has 0 aliphatic heterocycles. The van der Waals surface area contributed by atoms with E-state index < -0.39 is 12.6 Å². The van der Waals surface area contributed by atoms with Crippen LogP contribution in [0, 0.1) is 0 Å². The van der Waals surface area contributed by atoms with Crippen LogP contribution in [-0.2, 0) is 4.79 Å².